The van der Waals surface area contributed by atoms with Crippen LogP contribution in [0.5, 0.6) is 0 Å². The highest BCUT2D eigenvalue weighted by Crippen LogP contribution is 2.21. The number of Topliss-reactive ketones (excluding diaryl/α,β-unsaturated/α-hetero) is 1. The van der Waals surface area contributed by atoms with Crippen molar-refractivity contribution in [1.82, 2.24) is 14.2 Å². The topological polar surface area (TPSA) is 61.1 Å². The molecule has 0 saturated heterocycles. The summed E-state index contributed by atoms with van der Waals surface area (Å²) >= 11 is 2.11. The molecule has 5 nitrogen and oxygen atoms in total. The van der Waals surface area contributed by atoms with Gasteiger partial charge in [-0.2, -0.15) is 5.26 Å². The zero-order valence-electron chi connectivity index (χ0n) is 19.1. The van der Waals surface area contributed by atoms with Crippen LogP contribution in [0.15, 0.2) is 29.7 Å². The second-order valence-corrected chi connectivity index (χ2v) is 9.41. The molecule has 0 amide bonds. The van der Waals surface area contributed by atoms with E-state index in [0.717, 1.165) is 30.0 Å². The monoisotopic (exact) mass is 558 g/mol. The van der Waals surface area contributed by atoms with Gasteiger partial charge in [0.15, 0.2) is 0 Å². The minimum absolute atomic E-state index is 0.0517. The number of carbonyl (C=O) groups excluding carboxylic acids is 1. The fourth-order valence-corrected chi connectivity index (χ4v) is 5.03. The minimum Gasteiger partial charge on any atom is -0.382 e. The lowest BCUT2D eigenvalue weighted by molar-refractivity contribution is 0.103. The van der Waals surface area contributed by atoms with Gasteiger partial charge < -0.3 is 10.2 Å². The smallest absolute Gasteiger partial charge is 0.222 e. The zero-order chi connectivity index (χ0) is 23.6. The van der Waals surface area contributed by atoms with E-state index in [1.165, 1.54) is 15.3 Å². The molecule has 0 fully saturated rings. The second-order valence-electron chi connectivity index (χ2n) is 7.73. The number of halogens is 2. The Morgan fingerprint density at radius 1 is 1.45 bits per heavy atom. The van der Waals surface area contributed by atoms with Crippen molar-refractivity contribution < 1.29 is 9.18 Å². The Kier molecular flexibility index (Phi) is 12.2. The number of ketones is 1. The molecule has 1 aromatic heterocycles. The van der Waals surface area contributed by atoms with E-state index in [0.29, 0.717) is 23.6 Å². The molecule has 0 radical (unpaired) electrons. The maximum atomic E-state index is 13.9. The molecular weight excluding hydrogens is 526 g/mol. The molecule has 1 heterocycles. The largest absolute Gasteiger partial charge is 0.382 e. The minimum atomic E-state index is -0.359. The fraction of sp³-hybridized carbons (Fsp3) is 0.478. The highest BCUT2D eigenvalue weighted by Gasteiger charge is 2.19. The third-order valence-electron chi connectivity index (χ3n) is 4.81. The van der Waals surface area contributed by atoms with Crippen LogP contribution in [-0.2, 0) is 0 Å². The van der Waals surface area contributed by atoms with Crippen LogP contribution in [0.1, 0.15) is 51.0 Å². The summed E-state index contributed by atoms with van der Waals surface area (Å²) in [7, 11) is 4.87. The van der Waals surface area contributed by atoms with Crippen molar-refractivity contribution >= 4 is 48.3 Å². The summed E-state index contributed by atoms with van der Waals surface area (Å²) in [6.45, 7) is 8.92. The van der Waals surface area contributed by atoms with Crippen molar-refractivity contribution in [2.24, 2.45) is 5.92 Å². The lowest BCUT2D eigenvalue weighted by atomic mass is 9.93. The van der Waals surface area contributed by atoms with Crippen LogP contribution in [0, 0.1) is 17.2 Å². The van der Waals surface area contributed by atoms with Crippen molar-refractivity contribution in [3.8, 4) is 6.07 Å². The predicted octanol–water partition coefficient (Wildman–Crippen LogP) is 4.33. The number of aromatic nitrogens is 1. The van der Waals surface area contributed by atoms with E-state index in [2.05, 4.69) is 47.3 Å². The fourth-order valence-electron chi connectivity index (χ4n) is 3.26. The molecule has 1 N–H and O–H groups in total. The van der Waals surface area contributed by atoms with Crippen LogP contribution in [-0.4, -0.2) is 41.3 Å². The van der Waals surface area contributed by atoms with Crippen LogP contribution < -0.4 is 15.9 Å². The molecule has 1 atom stereocenters. The number of allylic oxidation sites excluding steroid dienone is 2. The Balaban J connectivity index is 3.51. The molecule has 31 heavy (non-hydrogen) atoms. The lowest BCUT2D eigenvalue weighted by Crippen LogP contribution is -2.28. The van der Waals surface area contributed by atoms with Gasteiger partial charge in [-0.15, -0.1) is 0 Å². The van der Waals surface area contributed by atoms with Crippen LogP contribution >= 0.6 is 30.3 Å². The van der Waals surface area contributed by atoms with Crippen molar-refractivity contribution in [1.29, 1.82) is 5.26 Å². The van der Waals surface area contributed by atoms with E-state index in [4.69, 9.17) is 0 Å². The number of hydrogen-bond acceptors (Lipinski definition) is 5. The van der Waals surface area contributed by atoms with Crippen LogP contribution in [0.4, 0.5) is 4.39 Å². The molecular formula is C23H32FIN4OS. The summed E-state index contributed by atoms with van der Waals surface area (Å²) < 4.78 is 15.7. The average Bonchev–Trinajstić information content (AvgIpc) is 3.09. The molecule has 0 bridgehead atoms. The molecule has 0 aromatic carbocycles. The van der Waals surface area contributed by atoms with Gasteiger partial charge in [0, 0.05) is 61.9 Å². The third-order valence-corrected chi connectivity index (χ3v) is 6.52. The Labute approximate surface area is 201 Å². The summed E-state index contributed by atoms with van der Waals surface area (Å²) in [6.07, 6.45) is 7.54. The molecule has 0 saturated carbocycles. The van der Waals surface area contributed by atoms with Gasteiger partial charge in [0.25, 0.3) is 0 Å². The molecule has 0 aliphatic heterocycles. The Morgan fingerprint density at radius 3 is 2.58 bits per heavy atom. The van der Waals surface area contributed by atoms with E-state index >= 15 is 0 Å². The summed E-state index contributed by atoms with van der Waals surface area (Å²) in [5.74, 6) is -0.291. The van der Waals surface area contributed by atoms with Gasteiger partial charge >= 0.3 is 0 Å². The molecule has 170 valence electrons. The van der Waals surface area contributed by atoms with Crippen molar-refractivity contribution in [2.45, 2.75) is 46.6 Å². The lowest BCUT2D eigenvalue weighted by Gasteiger charge is -2.17. The molecule has 1 rings (SSSR count). The van der Waals surface area contributed by atoms with Crippen molar-refractivity contribution in [3.05, 3.63) is 46.0 Å². The summed E-state index contributed by atoms with van der Waals surface area (Å²) in [4.78, 5) is 14.7. The van der Waals surface area contributed by atoms with E-state index in [9.17, 15) is 14.4 Å². The highest BCUT2D eigenvalue weighted by molar-refractivity contribution is 14.2. The molecule has 0 spiro atoms. The molecule has 1 aromatic rings. The van der Waals surface area contributed by atoms with Crippen LogP contribution in [0.3, 0.4) is 0 Å². The maximum absolute atomic E-state index is 13.9. The van der Waals surface area contributed by atoms with Crippen molar-refractivity contribution in [3.63, 3.8) is 0 Å². The number of rotatable bonds is 11. The Bertz CT molecular complexity index is 973. The van der Waals surface area contributed by atoms with E-state index < -0.39 is 0 Å². The first-order chi connectivity index (χ1) is 14.7. The van der Waals surface area contributed by atoms with Gasteiger partial charge in [0.1, 0.15) is 17.3 Å². The van der Waals surface area contributed by atoms with Crippen LogP contribution in [0.2, 0.25) is 0 Å². The number of nitrogens with one attached hydrogen (secondary N) is 1. The quantitative estimate of drug-likeness (QED) is 0.190. The van der Waals surface area contributed by atoms with Gasteiger partial charge in [0.05, 0.1) is 11.7 Å². The maximum Gasteiger partial charge on any atom is 0.222 e. The zero-order valence-corrected chi connectivity index (χ0v) is 22.1. The van der Waals surface area contributed by atoms with Crippen LogP contribution in [0.25, 0.3) is 12.2 Å². The predicted molar refractivity (Wildman–Crippen MR) is 138 cm³/mol. The SMILES string of the molecule is C\C=c1/c(=C\C(=C\F)C(CC)CCNC(C)C)cc(C(=O)/C(C#N)=C/N(C)C)n1SI. The molecule has 1 unspecified atom stereocenters. The number of hydrogen-bond donors (Lipinski definition) is 1. The highest BCUT2D eigenvalue weighted by atomic mass is 127. The molecule has 0 aliphatic rings. The first-order valence-electron chi connectivity index (χ1n) is 10.3. The Hall–Kier alpha value is -1.57. The standard InChI is InChI=1S/C23H32FIN4OS/c1-7-17(9-10-27-16(3)4)19(13-24)11-18-12-22(29(31-25)21(18)8-2)23(30)20(14-26)15-28(5)6/h8,11-13,15-17,27H,7,9-10H2,1-6H3/b18-11-,19-13-,20-15+,21-8+. The number of nitriles is 1. The Morgan fingerprint density at radius 2 is 2.13 bits per heavy atom. The van der Waals surface area contributed by atoms with E-state index in [1.54, 1.807) is 29.0 Å². The van der Waals surface area contributed by atoms with Gasteiger partial charge in [-0.1, -0.05) is 26.8 Å². The number of carbonyl (C=O) groups is 1. The third kappa shape index (κ3) is 7.81. The summed E-state index contributed by atoms with van der Waals surface area (Å²) in [5.41, 5.74) is 1.05. The first kappa shape index (κ1) is 27.5. The summed E-state index contributed by atoms with van der Waals surface area (Å²) in [5, 5.41) is 14.4. The summed E-state index contributed by atoms with van der Waals surface area (Å²) in [6, 6.07) is 4.11. The normalized spacial score (nSPS) is 14.8. The van der Waals surface area contributed by atoms with Gasteiger partial charge in [-0.3, -0.25) is 8.77 Å². The number of nitrogens with zero attached hydrogens (tertiary/aromatic N) is 3. The van der Waals surface area contributed by atoms with E-state index in [-0.39, 0.29) is 17.3 Å². The second kappa shape index (κ2) is 13.8. The van der Waals surface area contributed by atoms with Gasteiger partial charge in [0.2, 0.25) is 5.78 Å². The van der Waals surface area contributed by atoms with Crippen molar-refractivity contribution in [2.75, 3.05) is 20.6 Å². The molecule has 8 heteroatoms. The van der Waals surface area contributed by atoms with Gasteiger partial charge in [-0.05, 0) is 49.9 Å². The molecule has 0 aliphatic carbocycles. The average molecular weight is 559 g/mol. The van der Waals surface area contributed by atoms with Gasteiger partial charge in [-0.25, -0.2) is 4.39 Å². The van der Waals surface area contributed by atoms with E-state index in [1.807, 2.05) is 25.1 Å². The first-order valence-corrected chi connectivity index (χ1v) is 13.6.